The molecule has 70 valence electrons. The average molecular weight is 205 g/mol. The Labute approximate surface area is 82.7 Å². The molecule has 2 aromatic carbocycles. The molecule has 0 fully saturated rings. The molecule has 0 saturated carbocycles. The molecule has 14 heavy (non-hydrogen) atoms. The van der Waals surface area contributed by atoms with Crippen molar-refractivity contribution in [2.45, 2.75) is 0 Å². The van der Waals surface area contributed by atoms with Crippen LogP contribution in [0.1, 0.15) is 0 Å². The van der Waals surface area contributed by atoms with E-state index in [1.807, 2.05) is 30.3 Å². The fraction of sp³-hybridized carbons (Fsp3) is 0. The van der Waals surface area contributed by atoms with Crippen molar-refractivity contribution in [1.29, 1.82) is 0 Å². The molecule has 3 nitrogen and oxygen atoms in total. The van der Waals surface area contributed by atoms with Crippen molar-refractivity contribution in [2.24, 2.45) is 4.36 Å². The van der Waals surface area contributed by atoms with Crippen LogP contribution in [0, 0.1) is 0 Å². The summed E-state index contributed by atoms with van der Waals surface area (Å²) >= 11 is 0. The zero-order valence-corrected chi connectivity index (χ0v) is 8.03. The first-order chi connectivity index (χ1) is 6.77. The molecule has 0 saturated heterocycles. The Kier molecular flexibility index (Phi) is 2.28. The molecule has 0 N–H and O–H groups in total. The Hall–Kier alpha value is -1.68. The van der Waals surface area contributed by atoms with Gasteiger partial charge in [-0.05, 0) is 11.5 Å². The Morgan fingerprint density at radius 2 is 1.64 bits per heavy atom. The number of benzene rings is 2. The van der Waals surface area contributed by atoms with Crippen LogP contribution in [0.3, 0.4) is 0 Å². The standard InChI is InChI=1S/C10H7NO2S/c12-14(13)11-10-7-3-5-8-4-1-2-6-9(8)10/h1-7H. The lowest BCUT2D eigenvalue weighted by molar-refractivity contribution is 0.622. The Balaban J connectivity index is 2.84. The van der Waals surface area contributed by atoms with Gasteiger partial charge in [-0.25, -0.2) is 0 Å². The summed E-state index contributed by atoms with van der Waals surface area (Å²) in [7, 11) is -2.40. The summed E-state index contributed by atoms with van der Waals surface area (Å²) in [5.41, 5.74) is 0.483. The lowest BCUT2D eigenvalue weighted by Gasteiger charge is -1.98. The third-order valence-corrected chi connectivity index (χ3v) is 2.29. The molecule has 0 amide bonds. The molecule has 2 rings (SSSR count). The second kappa shape index (κ2) is 3.59. The van der Waals surface area contributed by atoms with Crippen LogP contribution in [-0.4, -0.2) is 8.42 Å². The number of hydrogen-bond acceptors (Lipinski definition) is 3. The Morgan fingerprint density at radius 1 is 0.929 bits per heavy atom. The number of fused-ring (bicyclic) bond motifs is 1. The van der Waals surface area contributed by atoms with Gasteiger partial charge in [0.2, 0.25) is 0 Å². The summed E-state index contributed by atoms with van der Waals surface area (Å²) in [6.07, 6.45) is 0. The summed E-state index contributed by atoms with van der Waals surface area (Å²) in [5, 5.41) is 1.83. The highest BCUT2D eigenvalue weighted by molar-refractivity contribution is 7.61. The summed E-state index contributed by atoms with van der Waals surface area (Å²) < 4.78 is 24.4. The SMILES string of the molecule is O=S(=O)=Nc1cccc2ccccc12. The van der Waals surface area contributed by atoms with Crippen molar-refractivity contribution in [3.05, 3.63) is 42.5 Å². The van der Waals surface area contributed by atoms with Crippen LogP contribution in [-0.2, 0) is 10.5 Å². The molecule has 0 aliphatic rings. The maximum Gasteiger partial charge on any atom is 0.316 e. The number of hydrogen-bond donors (Lipinski definition) is 0. The van der Waals surface area contributed by atoms with Gasteiger partial charge >= 0.3 is 10.5 Å². The van der Waals surface area contributed by atoms with Crippen molar-refractivity contribution < 1.29 is 8.42 Å². The van der Waals surface area contributed by atoms with Crippen LogP contribution < -0.4 is 0 Å². The second-order valence-corrected chi connectivity index (χ2v) is 3.42. The van der Waals surface area contributed by atoms with Gasteiger partial charge in [0.25, 0.3) is 0 Å². The van der Waals surface area contributed by atoms with Gasteiger partial charge < -0.3 is 0 Å². The van der Waals surface area contributed by atoms with Crippen molar-refractivity contribution >= 4 is 27.0 Å². The van der Waals surface area contributed by atoms with Gasteiger partial charge in [-0.3, -0.25) is 0 Å². The van der Waals surface area contributed by atoms with Gasteiger partial charge in [0, 0.05) is 5.39 Å². The van der Waals surface area contributed by atoms with Gasteiger partial charge in [-0.15, -0.1) is 4.36 Å². The molecule has 0 bridgehead atoms. The molecule has 4 heteroatoms. The van der Waals surface area contributed by atoms with Crippen molar-refractivity contribution in [3.8, 4) is 0 Å². The lowest BCUT2D eigenvalue weighted by atomic mass is 10.1. The highest BCUT2D eigenvalue weighted by Gasteiger charge is 1.97. The van der Waals surface area contributed by atoms with Crippen LogP contribution in [0.25, 0.3) is 10.8 Å². The summed E-state index contributed by atoms with van der Waals surface area (Å²) in [4.78, 5) is 0. The minimum Gasteiger partial charge on any atom is -0.163 e. The predicted molar refractivity (Wildman–Crippen MR) is 55.0 cm³/mol. The Bertz CT molecular complexity index is 589. The zero-order valence-electron chi connectivity index (χ0n) is 7.21. The smallest absolute Gasteiger partial charge is 0.163 e. The zero-order chi connectivity index (χ0) is 9.97. The second-order valence-electron chi connectivity index (χ2n) is 2.81. The topological polar surface area (TPSA) is 46.5 Å². The minimum atomic E-state index is -2.40. The first-order valence-corrected chi connectivity index (χ1v) is 5.09. The third kappa shape index (κ3) is 1.65. The number of rotatable bonds is 1. The van der Waals surface area contributed by atoms with Crippen LogP contribution >= 0.6 is 0 Å². The number of nitrogens with zero attached hydrogens (tertiary/aromatic N) is 1. The molecule has 0 radical (unpaired) electrons. The van der Waals surface area contributed by atoms with Gasteiger partial charge in [0.05, 0.1) is 5.69 Å². The van der Waals surface area contributed by atoms with E-state index in [1.54, 1.807) is 12.1 Å². The van der Waals surface area contributed by atoms with Crippen LogP contribution in [0.15, 0.2) is 46.8 Å². The predicted octanol–water partition coefficient (Wildman–Crippen LogP) is 2.53. The molecule has 0 heterocycles. The van der Waals surface area contributed by atoms with E-state index in [0.29, 0.717) is 5.69 Å². The highest BCUT2D eigenvalue weighted by Crippen LogP contribution is 2.25. The van der Waals surface area contributed by atoms with E-state index in [-0.39, 0.29) is 0 Å². The van der Waals surface area contributed by atoms with Gasteiger partial charge in [0.15, 0.2) is 0 Å². The van der Waals surface area contributed by atoms with E-state index in [9.17, 15) is 8.42 Å². The highest BCUT2D eigenvalue weighted by atomic mass is 32.2. The monoisotopic (exact) mass is 205 g/mol. The van der Waals surface area contributed by atoms with Crippen LogP contribution in [0.2, 0.25) is 0 Å². The maximum absolute atomic E-state index is 10.4. The molecular weight excluding hydrogens is 198 g/mol. The van der Waals surface area contributed by atoms with Crippen molar-refractivity contribution in [2.75, 3.05) is 0 Å². The first kappa shape index (κ1) is 8.90. The van der Waals surface area contributed by atoms with E-state index in [4.69, 9.17) is 0 Å². The van der Waals surface area contributed by atoms with Crippen molar-refractivity contribution in [3.63, 3.8) is 0 Å². The fourth-order valence-corrected chi connectivity index (χ4v) is 1.69. The Morgan fingerprint density at radius 3 is 2.43 bits per heavy atom. The van der Waals surface area contributed by atoms with E-state index in [1.165, 1.54) is 0 Å². The molecular formula is C10H7NO2S. The molecule has 0 unspecified atom stereocenters. The van der Waals surface area contributed by atoms with Gasteiger partial charge in [0.1, 0.15) is 0 Å². The average Bonchev–Trinajstić information content (AvgIpc) is 2.18. The van der Waals surface area contributed by atoms with E-state index in [2.05, 4.69) is 4.36 Å². The van der Waals surface area contributed by atoms with Gasteiger partial charge in [-0.2, -0.15) is 8.42 Å². The molecule has 0 spiro atoms. The van der Waals surface area contributed by atoms with Crippen molar-refractivity contribution in [1.82, 2.24) is 0 Å². The van der Waals surface area contributed by atoms with Crippen LogP contribution in [0.5, 0.6) is 0 Å². The quantitative estimate of drug-likeness (QED) is 0.718. The van der Waals surface area contributed by atoms with E-state index in [0.717, 1.165) is 10.8 Å². The van der Waals surface area contributed by atoms with E-state index >= 15 is 0 Å². The molecule has 0 aliphatic carbocycles. The summed E-state index contributed by atoms with van der Waals surface area (Å²) in [6, 6.07) is 12.9. The summed E-state index contributed by atoms with van der Waals surface area (Å²) in [6.45, 7) is 0. The maximum atomic E-state index is 10.4. The molecule has 0 atom stereocenters. The third-order valence-electron chi connectivity index (χ3n) is 1.94. The normalized spacial score (nSPS) is 10.0. The molecule has 0 aliphatic heterocycles. The summed E-state index contributed by atoms with van der Waals surface area (Å²) in [5.74, 6) is 0. The molecule has 0 aromatic heterocycles. The van der Waals surface area contributed by atoms with Crippen LogP contribution in [0.4, 0.5) is 5.69 Å². The first-order valence-electron chi connectivity index (χ1n) is 4.06. The largest absolute Gasteiger partial charge is 0.316 e. The van der Waals surface area contributed by atoms with E-state index < -0.39 is 10.5 Å². The fourth-order valence-electron chi connectivity index (χ4n) is 1.37. The molecule has 2 aromatic rings. The lowest BCUT2D eigenvalue weighted by Crippen LogP contribution is -1.72. The minimum absolute atomic E-state index is 0.483. The van der Waals surface area contributed by atoms with Gasteiger partial charge in [-0.1, -0.05) is 36.4 Å².